The zero-order chi connectivity index (χ0) is 39.3. The highest BCUT2D eigenvalue weighted by atomic mass is 16.3. The summed E-state index contributed by atoms with van der Waals surface area (Å²) < 4.78 is 0. The van der Waals surface area contributed by atoms with Crippen LogP contribution in [-0.4, -0.2) is 88.7 Å². The minimum atomic E-state index is -1.07. The van der Waals surface area contributed by atoms with Gasteiger partial charge in [0.2, 0.25) is 17.6 Å². The predicted octanol–water partition coefficient (Wildman–Crippen LogP) is 4.97. The molecule has 1 aliphatic heterocycles. The second-order valence-electron chi connectivity index (χ2n) is 17.6. The molecule has 12 heteroatoms. The topological polar surface area (TPSA) is 174 Å². The second-order valence-corrected chi connectivity index (χ2v) is 17.6. The molecule has 2 aliphatic carbocycles. The molecule has 5 amide bonds. The Bertz CT molecular complexity index is 1280. The maximum atomic E-state index is 14.6. The zero-order valence-corrected chi connectivity index (χ0v) is 33.4. The van der Waals surface area contributed by atoms with Gasteiger partial charge in [0.25, 0.3) is 5.91 Å². The second kappa shape index (κ2) is 20.4. The molecule has 2 saturated carbocycles. The average molecular weight is 744 g/mol. The van der Waals surface area contributed by atoms with Crippen LogP contribution in [0.2, 0.25) is 0 Å². The van der Waals surface area contributed by atoms with E-state index in [0.717, 1.165) is 44.9 Å². The van der Waals surface area contributed by atoms with Crippen molar-refractivity contribution in [2.75, 3.05) is 19.6 Å². The lowest BCUT2D eigenvalue weighted by Gasteiger charge is -2.38. The average Bonchev–Trinajstić information content (AvgIpc) is 3.30. The van der Waals surface area contributed by atoms with Gasteiger partial charge in [-0.25, -0.2) is 4.79 Å². The number of piperidine rings is 1. The number of ketones is 2. The first kappa shape index (κ1) is 44.1. The Morgan fingerprint density at radius 2 is 1.58 bits per heavy atom. The Morgan fingerprint density at radius 1 is 0.906 bits per heavy atom. The van der Waals surface area contributed by atoms with Gasteiger partial charge < -0.3 is 31.3 Å². The van der Waals surface area contributed by atoms with E-state index in [2.05, 4.69) is 27.8 Å². The number of likely N-dealkylation sites (tertiary alicyclic amines) is 1. The normalized spacial score (nSPS) is 23.5. The molecule has 0 aromatic heterocycles. The Kier molecular flexibility index (Phi) is 17.0. The third kappa shape index (κ3) is 13.8. The fourth-order valence-electron chi connectivity index (χ4n) is 8.43. The third-order valence-electron chi connectivity index (χ3n) is 11.5. The monoisotopic (exact) mass is 744 g/mol. The number of hydrogen-bond acceptors (Lipinski definition) is 7. The van der Waals surface area contributed by atoms with Crippen molar-refractivity contribution >= 4 is 35.3 Å². The van der Waals surface area contributed by atoms with E-state index >= 15 is 0 Å². The number of aliphatic hydroxyl groups is 1. The van der Waals surface area contributed by atoms with Gasteiger partial charge in [-0.1, -0.05) is 59.5 Å². The van der Waals surface area contributed by atoms with Crippen LogP contribution < -0.4 is 21.3 Å². The van der Waals surface area contributed by atoms with Gasteiger partial charge in [0.1, 0.15) is 0 Å². The first-order valence-electron chi connectivity index (χ1n) is 20.3. The summed E-state index contributed by atoms with van der Waals surface area (Å²) in [4.78, 5) is 82.3. The molecule has 3 fully saturated rings. The van der Waals surface area contributed by atoms with Crippen LogP contribution in [0.4, 0.5) is 4.79 Å². The van der Waals surface area contributed by atoms with E-state index in [1.165, 1.54) is 6.08 Å². The molecule has 0 aromatic rings. The van der Waals surface area contributed by atoms with Crippen LogP contribution >= 0.6 is 0 Å². The van der Waals surface area contributed by atoms with Crippen molar-refractivity contribution in [1.82, 2.24) is 26.2 Å². The van der Waals surface area contributed by atoms with Crippen molar-refractivity contribution in [3.8, 4) is 0 Å². The number of rotatable bonds is 17. The van der Waals surface area contributed by atoms with Gasteiger partial charge in [0, 0.05) is 37.9 Å². The molecule has 0 bridgehead atoms. The number of nitrogens with zero attached hydrogens (tertiary/aromatic N) is 1. The van der Waals surface area contributed by atoms with Gasteiger partial charge in [-0.05, 0) is 95.3 Å². The Hall–Kier alpha value is -3.28. The van der Waals surface area contributed by atoms with Crippen molar-refractivity contribution in [3.05, 3.63) is 12.7 Å². The maximum Gasteiger partial charge on any atom is 0.315 e. The number of carbonyl (C=O) groups is 6. The number of carbonyl (C=O) groups excluding carboxylic acids is 6. The van der Waals surface area contributed by atoms with Crippen LogP contribution in [0.3, 0.4) is 0 Å². The molecular weight excluding hydrogens is 674 g/mol. The molecule has 0 radical (unpaired) electrons. The first-order chi connectivity index (χ1) is 24.9. The molecule has 2 unspecified atom stereocenters. The van der Waals surface area contributed by atoms with Crippen LogP contribution in [0.25, 0.3) is 0 Å². The zero-order valence-electron chi connectivity index (χ0n) is 33.4. The third-order valence-corrected chi connectivity index (χ3v) is 11.5. The largest absolute Gasteiger partial charge is 0.390 e. The predicted molar refractivity (Wildman–Crippen MR) is 206 cm³/mol. The molecule has 3 rings (SSSR count). The summed E-state index contributed by atoms with van der Waals surface area (Å²) >= 11 is 0. The Labute approximate surface area is 317 Å². The summed E-state index contributed by atoms with van der Waals surface area (Å²) in [6, 6.07) is -2.39. The van der Waals surface area contributed by atoms with Gasteiger partial charge in [0.05, 0.1) is 23.7 Å². The molecule has 12 nitrogen and oxygen atoms in total. The highest BCUT2D eigenvalue weighted by molar-refractivity contribution is 6.38. The van der Waals surface area contributed by atoms with E-state index in [-0.39, 0.29) is 47.4 Å². The van der Waals surface area contributed by atoms with E-state index in [1.807, 2.05) is 32.6 Å². The van der Waals surface area contributed by atoms with E-state index in [0.29, 0.717) is 64.5 Å². The molecule has 53 heavy (non-hydrogen) atoms. The van der Waals surface area contributed by atoms with Crippen molar-refractivity contribution in [2.45, 2.75) is 162 Å². The summed E-state index contributed by atoms with van der Waals surface area (Å²) in [6.45, 7) is 16.2. The van der Waals surface area contributed by atoms with Crippen LogP contribution in [-0.2, 0) is 24.0 Å². The molecular formula is C41H69N5O7. The first-order valence-corrected chi connectivity index (χ1v) is 20.3. The number of hydrogen-bond donors (Lipinski definition) is 5. The van der Waals surface area contributed by atoms with Gasteiger partial charge >= 0.3 is 6.03 Å². The lowest BCUT2D eigenvalue weighted by Crippen LogP contribution is -2.58. The molecule has 6 atom stereocenters. The molecule has 300 valence electrons. The summed E-state index contributed by atoms with van der Waals surface area (Å²) in [5, 5.41) is 22.5. The van der Waals surface area contributed by atoms with E-state index in [4.69, 9.17) is 0 Å². The SMILES string of the molecule is C=CCNC(=O)C(=O)C(CCC)NC(=O)[C@H]1CCC(C(=O)[C@@H](NC(=O)N[C@H](CN2CCCCC2=O)C(C)(C)C)C2CCCCC2)CC[C@@H]1CC(C)(C)O. The number of Topliss-reactive ketones (excluding diaryl/α,β-unsaturated/α-hetero) is 2. The van der Waals surface area contributed by atoms with E-state index < -0.39 is 47.2 Å². The fourth-order valence-corrected chi connectivity index (χ4v) is 8.43. The standard InChI is InChI=1S/C41H69N5O7/c1-8-15-31(36(49)38(51)42-23-9-2)43-37(50)30-22-21-28(19-20-29(30)25-41(6,7)53)35(48)34(27-16-11-10-12-17-27)45-39(52)44-32(40(3,4)5)26-46-24-14-13-18-33(46)47/h9,27-32,34,53H,2,8,10-26H2,1,3-7H3,(H,42,51)(H,43,50)(H2,44,45,52)/t28?,29-,30+,31?,32-,34+/m1/s1. The van der Waals surface area contributed by atoms with Crippen LogP contribution in [0.1, 0.15) is 138 Å². The molecule has 0 aromatic carbocycles. The van der Waals surface area contributed by atoms with E-state index in [1.54, 1.807) is 13.8 Å². The summed E-state index contributed by atoms with van der Waals surface area (Å²) in [7, 11) is 0. The highest BCUT2D eigenvalue weighted by Crippen LogP contribution is 2.39. The van der Waals surface area contributed by atoms with Crippen molar-refractivity contribution in [3.63, 3.8) is 0 Å². The fraction of sp³-hybridized carbons (Fsp3) is 0.805. The number of urea groups is 1. The van der Waals surface area contributed by atoms with Gasteiger partial charge in [0.15, 0.2) is 5.78 Å². The molecule has 0 spiro atoms. The Morgan fingerprint density at radius 3 is 2.19 bits per heavy atom. The lowest BCUT2D eigenvalue weighted by atomic mass is 9.78. The van der Waals surface area contributed by atoms with Gasteiger partial charge in [-0.15, -0.1) is 6.58 Å². The van der Waals surface area contributed by atoms with Crippen LogP contribution in [0.15, 0.2) is 12.7 Å². The highest BCUT2D eigenvalue weighted by Gasteiger charge is 2.42. The van der Waals surface area contributed by atoms with Gasteiger partial charge in [-0.2, -0.15) is 0 Å². The maximum absolute atomic E-state index is 14.6. The Balaban J connectivity index is 1.80. The lowest BCUT2D eigenvalue weighted by molar-refractivity contribution is -0.140. The quantitative estimate of drug-likeness (QED) is 0.0795. The number of nitrogens with one attached hydrogen (secondary N) is 4. The minimum Gasteiger partial charge on any atom is -0.390 e. The van der Waals surface area contributed by atoms with Crippen molar-refractivity contribution in [2.24, 2.45) is 29.1 Å². The van der Waals surface area contributed by atoms with Gasteiger partial charge in [-0.3, -0.25) is 24.0 Å². The molecule has 1 saturated heterocycles. The van der Waals surface area contributed by atoms with Crippen molar-refractivity contribution < 1.29 is 33.9 Å². The smallest absolute Gasteiger partial charge is 0.315 e. The van der Waals surface area contributed by atoms with E-state index in [9.17, 15) is 33.9 Å². The summed E-state index contributed by atoms with van der Waals surface area (Å²) in [5.74, 6) is -2.98. The molecule has 1 heterocycles. The number of amides is 5. The molecule has 5 N–H and O–H groups in total. The minimum absolute atomic E-state index is 0.00123. The van der Waals surface area contributed by atoms with Crippen molar-refractivity contribution in [1.29, 1.82) is 0 Å². The van der Waals surface area contributed by atoms with Crippen LogP contribution in [0, 0.1) is 29.1 Å². The molecule has 3 aliphatic rings. The summed E-state index contributed by atoms with van der Waals surface area (Å²) in [6.07, 6.45) is 11.6. The van der Waals surface area contributed by atoms with Crippen LogP contribution in [0.5, 0.6) is 0 Å². The summed E-state index contributed by atoms with van der Waals surface area (Å²) in [5.41, 5.74) is -1.40.